The fourth-order valence-electron chi connectivity index (χ4n) is 6.10. The number of hydrogen-bond donors (Lipinski definition) is 2. The molecule has 310 valence electrons. The van der Waals surface area contributed by atoms with E-state index in [-0.39, 0.29) is 19.4 Å². The van der Waals surface area contributed by atoms with E-state index in [2.05, 4.69) is 54.8 Å². The van der Waals surface area contributed by atoms with Crippen molar-refractivity contribution in [3.05, 3.63) is 36.5 Å². The number of phosphoric acid groups is 1. The molecular weight excluding hydrogens is 687 g/mol. The van der Waals surface area contributed by atoms with E-state index in [4.69, 9.17) is 19.3 Å². The Balaban J connectivity index is 3.91. The van der Waals surface area contributed by atoms with Crippen LogP contribution in [0.25, 0.3) is 0 Å². The number of unbranched alkanes of at least 4 members (excludes halogenated alkanes) is 24. The molecule has 0 saturated carbocycles. The summed E-state index contributed by atoms with van der Waals surface area (Å²) >= 11 is 0. The molecule has 0 aromatic rings. The molecule has 0 bridgehead atoms. The van der Waals surface area contributed by atoms with E-state index in [9.17, 15) is 14.2 Å². The number of esters is 2. The van der Waals surface area contributed by atoms with Crippen LogP contribution >= 0.6 is 7.82 Å². The van der Waals surface area contributed by atoms with E-state index in [1.165, 1.54) is 116 Å². The Labute approximate surface area is 325 Å². The Bertz CT molecular complexity index is 957. The fourth-order valence-corrected chi connectivity index (χ4v) is 6.46. The van der Waals surface area contributed by atoms with Crippen molar-refractivity contribution in [1.82, 2.24) is 0 Å². The van der Waals surface area contributed by atoms with Crippen molar-refractivity contribution in [2.75, 3.05) is 13.2 Å². The molecule has 0 rings (SSSR count). The Hall–Kier alpha value is -1.73. The monoisotopic (exact) mass is 769 g/mol. The summed E-state index contributed by atoms with van der Waals surface area (Å²) in [5, 5.41) is 0. The molecule has 1 unspecified atom stereocenters. The molecule has 53 heavy (non-hydrogen) atoms. The van der Waals surface area contributed by atoms with Gasteiger partial charge in [0.05, 0.1) is 6.61 Å². The zero-order valence-electron chi connectivity index (χ0n) is 34.2. The number of carbonyl (C=O) groups is 2. The van der Waals surface area contributed by atoms with Gasteiger partial charge in [-0.05, 0) is 70.6 Å². The van der Waals surface area contributed by atoms with Crippen LogP contribution < -0.4 is 0 Å². The van der Waals surface area contributed by atoms with Crippen molar-refractivity contribution >= 4 is 19.8 Å². The molecule has 0 aromatic heterocycles. The summed E-state index contributed by atoms with van der Waals surface area (Å²) in [5.74, 6) is -0.894. The Morgan fingerprint density at radius 3 is 1.30 bits per heavy atom. The minimum atomic E-state index is -4.76. The van der Waals surface area contributed by atoms with Gasteiger partial charge < -0.3 is 19.3 Å². The van der Waals surface area contributed by atoms with E-state index in [1.54, 1.807) is 0 Å². The first-order valence-corrected chi connectivity index (χ1v) is 23.3. The molecule has 0 aliphatic rings. The van der Waals surface area contributed by atoms with Gasteiger partial charge in [0.2, 0.25) is 0 Å². The zero-order chi connectivity index (χ0) is 38.9. The molecule has 0 radical (unpaired) electrons. The third-order valence-corrected chi connectivity index (χ3v) is 9.87. The lowest BCUT2D eigenvalue weighted by molar-refractivity contribution is -0.161. The summed E-state index contributed by atoms with van der Waals surface area (Å²) in [5.41, 5.74) is 0. The second-order valence-electron chi connectivity index (χ2n) is 14.7. The zero-order valence-corrected chi connectivity index (χ0v) is 35.1. The van der Waals surface area contributed by atoms with Crippen LogP contribution in [0.3, 0.4) is 0 Å². The predicted molar refractivity (Wildman–Crippen MR) is 221 cm³/mol. The highest BCUT2D eigenvalue weighted by Crippen LogP contribution is 2.36. The van der Waals surface area contributed by atoms with Gasteiger partial charge >= 0.3 is 19.8 Å². The lowest BCUT2D eigenvalue weighted by atomic mass is 10.1. The molecule has 0 aromatic carbocycles. The van der Waals surface area contributed by atoms with E-state index in [0.29, 0.717) is 6.42 Å². The molecule has 2 N–H and O–H groups in total. The minimum absolute atomic E-state index is 0.203. The summed E-state index contributed by atoms with van der Waals surface area (Å²) in [6, 6.07) is 0. The van der Waals surface area contributed by atoms with Gasteiger partial charge in [0.25, 0.3) is 0 Å². The van der Waals surface area contributed by atoms with Crippen molar-refractivity contribution in [2.45, 2.75) is 219 Å². The third kappa shape index (κ3) is 42.9. The van der Waals surface area contributed by atoms with Crippen LogP contribution in [0.15, 0.2) is 36.5 Å². The quantitative estimate of drug-likeness (QED) is 0.0274. The van der Waals surface area contributed by atoms with Crippen LogP contribution in [0.5, 0.6) is 0 Å². The number of hydrogen-bond acceptors (Lipinski definition) is 6. The van der Waals surface area contributed by atoms with Crippen molar-refractivity contribution in [3.63, 3.8) is 0 Å². The van der Waals surface area contributed by atoms with Gasteiger partial charge in [-0.1, -0.05) is 166 Å². The van der Waals surface area contributed by atoms with Crippen LogP contribution in [-0.2, 0) is 28.2 Å². The smallest absolute Gasteiger partial charge is 0.462 e. The van der Waals surface area contributed by atoms with Crippen LogP contribution in [-0.4, -0.2) is 41.0 Å². The molecular formula is C44H81O8P. The average molecular weight is 769 g/mol. The van der Waals surface area contributed by atoms with Crippen molar-refractivity contribution in [1.29, 1.82) is 0 Å². The Morgan fingerprint density at radius 1 is 0.491 bits per heavy atom. The molecule has 0 heterocycles. The summed E-state index contributed by atoms with van der Waals surface area (Å²) in [6.07, 6.45) is 47.2. The number of allylic oxidation sites excluding steroid dienone is 6. The normalized spacial score (nSPS) is 12.8. The molecule has 0 aliphatic carbocycles. The van der Waals surface area contributed by atoms with Crippen LogP contribution in [0.1, 0.15) is 213 Å². The van der Waals surface area contributed by atoms with Gasteiger partial charge in [-0.25, -0.2) is 4.57 Å². The fraction of sp³-hybridized carbons (Fsp3) is 0.818. The molecule has 0 saturated heterocycles. The first-order chi connectivity index (χ1) is 25.8. The molecule has 0 aliphatic heterocycles. The SMILES string of the molecule is CCCCC/C=C\C/C=C\CCCCCCCCCC(=O)OC(COC(=O)CCCCCCCCC/C=C\CCCCCCCCC)COP(=O)(O)O. The molecule has 9 heteroatoms. The van der Waals surface area contributed by atoms with E-state index in [0.717, 1.165) is 64.2 Å². The van der Waals surface area contributed by atoms with Crippen molar-refractivity contribution in [3.8, 4) is 0 Å². The van der Waals surface area contributed by atoms with Crippen molar-refractivity contribution < 1.29 is 37.9 Å². The Morgan fingerprint density at radius 2 is 0.849 bits per heavy atom. The molecule has 0 fully saturated rings. The number of carbonyl (C=O) groups excluding carboxylic acids is 2. The largest absolute Gasteiger partial charge is 0.469 e. The summed E-state index contributed by atoms with van der Waals surface area (Å²) < 4.78 is 26.4. The maximum atomic E-state index is 12.4. The van der Waals surface area contributed by atoms with Gasteiger partial charge in [0.15, 0.2) is 6.10 Å². The first-order valence-electron chi connectivity index (χ1n) is 21.8. The number of rotatable bonds is 40. The molecule has 1 atom stereocenters. The van der Waals surface area contributed by atoms with Gasteiger partial charge in [-0.2, -0.15) is 0 Å². The topological polar surface area (TPSA) is 119 Å². The lowest BCUT2D eigenvalue weighted by Crippen LogP contribution is -2.29. The first kappa shape index (κ1) is 51.3. The average Bonchev–Trinajstić information content (AvgIpc) is 3.13. The Kier molecular flexibility index (Phi) is 38.6. The van der Waals surface area contributed by atoms with Crippen LogP contribution in [0, 0.1) is 0 Å². The molecule has 8 nitrogen and oxygen atoms in total. The number of ether oxygens (including phenoxy) is 2. The molecule has 0 amide bonds. The summed E-state index contributed by atoms with van der Waals surface area (Å²) in [6.45, 7) is 3.66. The summed E-state index contributed by atoms with van der Waals surface area (Å²) in [4.78, 5) is 42.9. The van der Waals surface area contributed by atoms with Gasteiger partial charge in [0.1, 0.15) is 6.61 Å². The second-order valence-corrected chi connectivity index (χ2v) is 15.9. The second kappa shape index (κ2) is 39.9. The van der Waals surface area contributed by atoms with Gasteiger partial charge in [-0.3, -0.25) is 14.1 Å². The summed E-state index contributed by atoms with van der Waals surface area (Å²) in [7, 11) is -4.76. The van der Waals surface area contributed by atoms with Gasteiger partial charge in [0, 0.05) is 12.8 Å². The van der Waals surface area contributed by atoms with E-state index in [1.807, 2.05) is 0 Å². The minimum Gasteiger partial charge on any atom is -0.462 e. The van der Waals surface area contributed by atoms with E-state index < -0.39 is 32.5 Å². The highest BCUT2D eigenvalue weighted by molar-refractivity contribution is 7.46. The number of phosphoric ester groups is 1. The predicted octanol–water partition coefficient (Wildman–Crippen LogP) is 13.4. The van der Waals surface area contributed by atoms with Crippen LogP contribution in [0.4, 0.5) is 0 Å². The lowest BCUT2D eigenvalue weighted by Gasteiger charge is -2.18. The maximum absolute atomic E-state index is 12.4. The standard InChI is InChI=1S/C44H81O8P/c1-3-5-7-9-11-13-15-17-19-21-23-24-26-28-30-32-34-36-38-43(45)50-40-42(41-51-53(47,48)49)52-44(46)39-37-35-33-31-29-27-25-22-20-18-16-14-12-10-8-6-4-2/h12,14,18-21,42H,3-11,13,15-17,22-41H2,1-2H3,(H2,47,48,49)/b14-12-,20-18-,21-19-. The molecule has 0 spiro atoms. The highest BCUT2D eigenvalue weighted by atomic mass is 31.2. The van der Waals surface area contributed by atoms with E-state index >= 15 is 0 Å². The maximum Gasteiger partial charge on any atom is 0.469 e. The highest BCUT2D eigenvalue weighted by Gasteiger charge is 2.22. The van der Waals surface area contributed by atoms with Crippen molar-refractivity contribution in [2.24, 2.45) is 0 Å². The van der Waals surface area contributed by atoms with Gasteiger partial charge in [-0.15, -0.1) is 0 Å². The van der Waals surface area contributed by atoms with Crippen LogP contribution in [0.2, 0.25) is 0 Å². The third-order valence-electron chi connectivity index (χ3n) is 9.38.